The van der Waals surface area contributed by atoms with E-state index >= 15 is 0 Å². The van der Waals surface area contributed by atoms with Crippen molar-refractivity contribution in [1.82, 2.24) is 14.9 Å². The van der Waals surface area contributed by atoms with Crippen LogP contribution in [0.5, 0.6) is 0 Å². The number of hydrogen-bond acceptors (Lipinski definition) is 3. The Morgan fingerprint density at radius 2 is 2.00 bits per heavy atom. The lowest BCUT2D eigenvalue weighted by Gasteiger charge is -2.12. The molecule has 0 saturated carbocycles. The van der Waals surface area contributed by atoms with E-state index in [1.165, 1.54) is 12.8 Å². The van der Waals surface area contributed by atoms with E-state index in [1.54, 1.807) is 6.92 Å². The number of para-hydroxylation sites is 2. The molecule has 2 aromatic rings. The Balaban J connectivity index is 2.01. The van der Waals surface area contributed by atoms with Gasteiger partial charge in [-0.25, -0.2) is 4.98 Å². The summed E-state index contributed by atoms with van der Waals surface area (Å²) in [6, 6.07) is 7.81. The average Bonchev–Trinajstić information content (AvgIpc) is 2.46. The van der Waals surface area contributed by atoms with Crippen LogP contribution >= 0.6 is 0 Å². The summed E-state index contributed by atoms with van der Waals surface area (Å²) in [6.07, 6.45) is 2.42. The Morgan fingerprint density at radius 1 is 1.24 bits per heavy atom. The first-order valence-electron chi connectivity index (χ1n) is 7.76. The zero-order valence-corrected chi connectivity index (χ0v) is 13.2. The van der Waals surface area contributed by atoms with Crippen molar-refractivity contribution in [2.24, 2.45) is 5.92 Å². The molecule has 0 aliphatic rings. The fraction of sp³-hybridized carbons (Fsp3) is 0.529. The van der Waals surface area contributed by atoms with Gasteiger partial charge in [-0.3, -0.25) is 4.79 Å². The maximum Gasteiger partial charge on any atom is 0.272 e. The van der Waals surface area contributed by atoms with Gasteiger partial charge in [0.2, 0.25) is 0 Å². The van der Waals surface area contributed by atoms with E-state index in [0.717, 1.165) is 30.0 Å². The molecule has 21 heavy (non-hydrogen) atoms. The molecule has 0 unspecified atom stereocenters. The molecule has 1 aromatic heterocycles. The number of aryl methyl sites for hydroxylation is 1. The third kappa shape index (κ3) is 4.14. The van der Waals surface area contributed by atoms with Gasteiger partial charge in [0.15, 0.2) is 0 Å². The Hall–Kier alpha value is -1.68. The summed E-state index contributed by atoms with van der Waals surface area (Å²) < 4.78 is 1.83. The highest BCUT2D eigenvalue weighted by atomic mass is 16.1. The lowest BCUT2D eigenvalue weighted by Crippen LogP contribution is -2.29. The number of benzene rings is 1. The molecule has 4 nitrogen and oxygen atoms in total. The SMILES string of the molecule is Cc1nc2ccccc2n(CCNCCCC(C)C)c1=O. The average molecular weight is 287 g/mol. The first kappa shape index (κ1) is 15.7. The van der Waals surface area contributed by atoms with Gasteiger partial charge in [0, 0.05) is 13.1 Å². The smallest absolute Gasteiger partial charge is 0.272 e. The fourth-order valence-corrected chi connectivity index (χ4v) is 2.49. The summed E-state index contributed by atoms with van der Waals surface area (Å²) in [5.74, 6) is 0.751. The second-order valence-corrected chi connectivity index (χ2v) is 5.93. The van der Waals surface area contributed by atoms with E-state index < -0.39 is 0 Å². The number of nitrogens with zero attached hydrogens (tertiary/aromatic N) is 2. The van der Waals surface area contributed by atoms with E-state index in [1.807, 2.05) is 28.8 Å². The highest BCUT2D eigenvalue weighted by Gasteiger charge is 2.06. The highest BCUT2D eigenvalue weighted by molar-refractivity contribution is 5.74. The number of nitrogens with one attached hydrogen (secondary N) is 1. The molecule has 1 heterocycles. The van der Waals surface area contributed by atoms with Gasteiger partial charge >= 0.3 is 0 Å². The number of aromatic nitrogens is 2. The minimum Gasteiger partial charge on any atom is -0.315 e. The van der Waals surface area contributed by atoms with Crippen molar-refractivity contribution in [1.29, 1.82) is 0 Å². The molecule has 0 saturated heterocycles. The molecule has 0 fully saturated rings. The van der Waals surface area contributed by atoms with Gasteiger partial charge in [0.05, 0.1) is 11.0 Å². The van der Waals surface area contributed by atoms with Crippen LogP contribution in [0.4, 0.5) is 0 Å². The third-order valence-electron chi connectivity index (χ3n) is 3.66. The normalized spacial score (nSPS) is 11.4. The lowest BCUT2D eigenvalue weighted by molar-refractivity contribution is 0.515. The maximum absolute atomic E-state index is 12.3. The van der Waals surface area contributed by atoms with Crippen LogP contribution in [0.25, 0.3) is 11.0 Å². The standard InChI is InChI=1S/C17H25N3O/c1-13(2)7-6-10-18-11-12-20-16-9-5-4-8-15(16)19-14(3)17(20)21/h4-5,8-9,13,18H,6-7,10-12H2,1-3H3. The van der Waals surface area contributed by atoms with E-state index in [9.17, 15) is 4.79 Å². The van der Waals surface area contributed by atoms with Gasteiger partial charge in [-0.05, 0) is 44.4 Å². The quantitative estimate of drug-likeness (QED) is 0.797. The molecule has 1 N–H and O–H groups in total. The van der Waals surface area contributed by atoms with Gasteiger partial charge < -0.3 is 9.88 Å². The molecular weight excluding hydrogens is 262 g/mol. The Bertz CT molecular complexity index is 646. The molecule has 0 atom stereocenters. The summed E-state index contributed by atoms with van der Waals surface area (Å²) in [5, 5.41) is 3.42. The van der Waals surface area contributed by atoms with Gasteiger partial charge in [-0.15, -0.1) is 0 Å². The predicted molar refractivity (Wildman–Crippen MR) is 87.7 cm³/mol. The van der Waals surface area contributed by atoms with E-state index in [-0.39, 0.29) is 5.56 Å². The van der Waals surface area contributed by atoms with Crippen molar-refractivity contribution < 1.29 is 0 Å². The van der Waals surface area contributed by atoms with Crippen LogP contribution in [0.3, 0.4) is 0 Å². The van der Waals surface area contributed by atoms with Gasteiger partial charge in [0.25, 0.3) is 5.56 Å². The predicted octanol–water partition coefficient (Wildman–Crippen LogP) is 2.73. The Labute approximate surface area is 126 Å². The minimum atomic E-state index is 0.0117. The van der Waals surface area contributed by atoms with Crippen molar-refractivity contribution in [2.75, 3.05) is 13.1 Å². The van der Waals surface area contributed by atoms with Crippen LogP contribution in [0.15, 0.2) is 29.1 Å². The van der Waals surface area contributed by atoms with Crippen LogP contribution < -0.4 is 10.9 Å². The lowest BCUT2D eigenvalue weighted by atomic mass is 10.1. The van der Waals surface area contributed by atoms with Gasteiger partial charge in [0.1, 0.15) is 5.69 Å². The van der Waals surface area contributed by atoms with E-state index in [2.05, 4.69) is 24.1 Å². The van der Waals surface area contributed by atoms with Gasteiger partial charge in [-0.1, -0.05) is 26.0 Å². The summed E-state index contributed by atoms with van der Waals surface area (Å²) >= 11 is 0. The fourth-order valence-electron chi connectivity index (χ4n) is 2.49. The van der Waals surface area contributed by atoms with Crippen LogP contribution in [0.1, 0.15) is 32.4 Å². The molecule has 0 aliphatic carbocycles. The molecule has 1 aromatic carbocycles. The van der Waals surface area contributed by atoms with Gasteiger partial charge in [-0.2, -0.15) is 0 Å². The summed E-state index contributed by atoms with van der Waals surface area (Å²) in [5.41, 5.74) is 2.37. The summed E-state index contributed by atoms with van der Waals surface area (Å²) in [6.45, 7) is 8.77. The minimum absolute atomic E-state index is 0.0117. The van der Waals surface area contributed by atoms with Crippen LogP contribution in [0.2, 0.25) is 0 Å². The van der Waals surface area contributed by atoms with Crippen molar-refractivity contribution in [3.8, 4) is 0 Å². The van der Waals surface area contributed by atoms with Crippen molar-refractivity contribution >= 4 is 11.0 Å². The van der Waals surface area contributed by atoms with E-state index in [0.29, 0.717) is 12.2 Å². The molecular formula is C17H25N3O. The first-order chi connectivity index (χ1) is 10.1. The Morgan fingerprint density at radius 3 is 2.76 bits per heavy atom. The summed E-state index contributed by atoms with van der Waals surface area (Å²) in [7, 11) is 0. The molecule has 0 bridgehead atoms. The monoisotopic (exact) mass is 287 g/mol. The summed E-state index contributed by atoms with van der Waals surface area (Å²) in [4.78, 5) is 16.6. The topological polar surface area (TPSA) is 46.9 Å². The number of rotatable bonds is 7. The molecule has 4 heteroatoms. The molecule has 0 amide bonds. The highest BCUT2D eigenvalue weighted by Crippen LogP contribution is 2.09. The van der Waals surface area contributed by atoms with Crippen LogP contribution in [-0.2, 0) is 6.54 Å². The number of fused-ring (bicyclic) bond motifs is 1. The molecule has 0 spiro atoms. The Kier molecular flexibility index (Phi) is 5.51. The molecule has 0 radical (unpaired) electrons. The zero-order chi connectivity index (χ0) is 15.2. The van der Waals surface area contributed by atoms with Crippen LogP contribution in [-0.4, -0.2) is 22.6 Å². The largest absolute Gasteiger partial charge is 0.315 e. The van der Waals surface area contributed by atoms with E-state index in [4.69, 9.17) is 0 Å². The zero-order valence-electron chi connectivity index (χ0n) is 13.2. The molecule has 2 rings (SSSR count). The third-order valence-corrected chi connectivity index (χ3v) is 3.66. The second kappa shape index (κ2) is 7.36. The first-order valence-corrected chi connectivity index (χ1v) is 7.76. The molecule has 0 aliphatic heterocycles. The molecule has 114 valence electrons. The van der Waals surface area contributed by atoms with Crippen molar-refractivity contribution in [2.45, 2.75) is 40.2 Å². The maximum atomic E-state index is 12.3. The van der Waals surface area contributed by atoms with Crippen LogP contribution in [0, 0.1) is 12.8 Å². The number of hydrogen-bond donors (Lipinski definition) is 1. The van der Waals surface area contributed by atoms with Crippen molar-refractivity contribution in [3.05, 3.63) is 40.3 Å². The van der Waals surface area contributed by atoms with Crippen molar-refractivity contribution in [3.63, 3.8) is 0 Å². The second-order valence-electron chi connectivity index (χ2n) is 5.93.